The van der Waals surface area contributed by atoms with Gasteiger partial charge in [0.1, 0.15) is 0 Å². The van der Waals surface area contributed by atoms with Crippen LogP contribution in [0.3, 0.4) is 0 Å². The van der Waals surface area contributed by atoms with Gasteiger partial charge in [-0.1, -0.05) is 53.2 Å². The maximum atomic E-state index is 12.4. The highest BCUT2D eigenvalue weighted by Crippen LogP contribution is 2.21. The van der Waals surface area contributed by atoms with Crippen LogP contribution in [0.4, 0.5) is 0 Å². The molecule has 0 aliphatic rings. The van der Waals surface area contributed by atoms with Gasteiger partial charge >= 0.3 is 0 Å². The third kappa shape index (κ3) is 5.44. The Kier molecular flexibility index (Phi) is 6.81. The third-order valence-electron chi connectivity index (χ3n) is 3.72. The molecular weight excluding hydrogens is 374 g/mol. The molecule has 2 aromatic carbocycles. The zero-order chi connectivity index (χ0) is 16.7. The third-order valence-corrected chi connectivity index (χ3v) is 5.77. The average Bonchev–Trinajstić information content (AvgIpc) is 2.55. The summed E-state index contributed by atoms with van der Waals surface area (Å²) in [6.45, 7) is 2.43. The summed E-state index contributed by atoms with van der Waals surface area (Å²) in [5, 5.41) is 0. The number of hydrogen-bond acceptors (Lipinski definition) is 2. The summed E-state index contributed by atoms with van der Waals surface area (Å²) in [6, 6.07) is 15.5. The van der Waals surface area contributed by atoms with E-state index >= 15 is 0 Å². The van der Waals surface area contributed by atoms with Gasteiger partial charge in [-0.25, -0.2) is 13.1 Å². The van der Waals surface area contributed by atoms with Crippen LogP contribution in [0.2, 0.25) is 0 Å². The molecule has 0 amide bonds. The van der Waals surface area contributed by atoms with Gasteiger partial charge in [0.05, 0.1) is 4.90 Å². The summed E-state index contributed by atoms with van der Waals surface area (Å²) in [5.41, 5.74) is 2.12. The molecule has 0 unspecified atom stereocenters. The van der Waals surface area contributed by atoms with E-state index in [1.165, 1.54) is 5.56 Å². The van der Waals surface area contributed by atoms with Gasteiger partial charge in [-0.2, -0.15) is 0 Å². The van der Waals surface area contributed by atoms with Gasteiger partial charge in [0, 0.05) is 11.0 Å². The Balaban J connectivity index is 1.87. The Morgan fingerprint density at radius 1 is 1.04 bits per heavy atom. The van der Waals surface area contributed by atoms with Crippen LogP contribution in [-0.2, 0) is 22.9 Å². The van der Waals surface area contributed by atoms with Crippen molar-refractivity contribution >= 4 is 26.0 Å². The monoisotopic (exact) mass is 395 g/mol. The van der Waals surface area contributed by atoms with E-state index in [2.05, 4.69) is 32.8 Å². The predicted octanol–water partition coefficient (Wildman–Crippen LogP) is 4.31. The van der Waals surface area contributed by atoms with Crippen molar-refractivity contribution in [2.24, 2.45) is 0 Å². The number of nitrogens with one attached hydrogen (secondary N) is 1. The number of hydrogen-bond donors (Lipinski definition) is 1. The second-order valence-corrected chi connectivity index (χ2v) is 8.10. The molecule has 0 saturated heterocycles. The topological polar surface area (TPSA) is 46.2 Å². The van der Waals surface area contributed by atoms with E-state index in [0.717, 1.165) is 29.3 Å². The number of benzene rings is 2. The highest BCUT2D eigenvalue weighted by Gasteiger charge is 2.17. The van der Waals surface area contributed by atoms with Gasteiger partial charge in [0.15, 0.2) is 0 Å². The number of halogens is 1. The number of sulfonamides is 1. The molecule has 2 rings (SSSR count). The van der Waals surface area contributed by atoms with Crippen LogP contribution >= 0.6 is 15.9 Å². The standard InChI is InChI=1S/C18H22BrNO2S/c1-2-16-14-17(19)11-12-18(16)23(21,22)20-13-7-6-10-15-8-4-3-5-9-15/h3-5,8-9,11-12,14,20H,2,6-7,10,13H2,1H3. The van der Waals surface area contributed by atoms with Crippen molar-refractivity contribution in [1.29, 1.82) is 0 Å². The van der Waals surface area contributed by atoms with Crippen LogP contribution in [0.5, 0.6) is 0 Å². The quantitative estimate of drug-likeness (QED) is 0.676. The van der Waals surface area contributed by atoms with Crippen LogP contribution in [0.25, 0.3) is 0 Å². The molecule has 0 spiro atoms. The Labute approximate surface area is 147 Å². The minimum atomic E-state index is -3.44. The average molecular weight is 396 g/mol. The predicted molar refractivity (Wildman–Crippen MR) is 98.1 cm³/mol. The van der Waals surface area contributed by atoms with Gasteiger partial charge in [-0.3, -0.25) is 0 Å². The van der Waals surface area contributed by atoms with Gasteiger partial charge in [-0.15, -0.1) is 0 Å². The zero-order valence-electron chi connectivity index (χ0n) is 13.3. The van der Waals surface area contributed by atoms with E-state index in [4.69, 9.17) is 0 Å². The lowest BCUT2D eigenvalue weighted by Crippen LogP contribution is -2.25. The molecule has 0 atom stereocenters. The van der Waals surface area contributed by atoms with Crippen molar-refractivity contribution in [2.45, 2.75) is 37.5 Å². The second kappa shape index (κ2) is 8.62. The first-order valence-electron chi connectivity index (χ1n) is 7.85. The smallest absolute Gasteiger partial charge is 0.211 e. The van der Waals surface area contributed by atoms with Crippen molar-refractivity contribution in [3.05, 3.63) is 64.1 Å². The van der Waals surface area contributed by atoms with Crippen LogP contribution < -0.4 is 4.72 Å². The first kappa shape index (κ1) is 18.2. The molecule has 0 saturated carbocycles. The summed E-state index contributed by atoms with van der Waals surface area (Å²) in [7, 11) is -3.44. The van der Waals surface area contributed by atoms with E-state index in [-0.39, 0.29) is 0 Å². The highest BCUT2D eigenvalue weighted by molar-refractivity contribution is 9.10. The maximum absolute atomic E-state index is 12.4. The van der Waals surface area contributed by atoms with E-state index in [1.54, 1.807) is 12.1 Å². The molecule has 0 radical (unpaired) electrons. The fraction of sp³-hybridized carbons (Fsp3) is 0.333. The van der Waals surface area contributed by atoms with Crippen LogP contribution in [-0.4, -0.2) is 15.0 Å². The van der Waals surface area contributed by atoms with Gasteiger partial charge in [-0.05, 0) is 55.0 Å². The van der Waals surface area contributed by atoms with E-state index < -0.39 is 10.0 Å². The minimum Gasteiger partial charge on any atom is -0.211 e. The van der Waals surface area contributed by atoms with E-state index in [1.807, 2.05) is 31.2 Å². The SMILES string of the molecule is CCc1cc(Br)ccc1S(=O)(=O)NCCCCc1ccccc1. The molecule has 2 aromatic rings. The molecule has 0 bridgehead atoms. The molecule has 124 valence electrons. The lowest BCUT2D eigenvalue weighted by atomic mass is 10.1. The molecule has 5 heteroatoms. The maximum Gasteiger partial charge on any atom is 0.240 e. The van der Waals surface area contributed by atoms with E-state index in [9.17, 15) is 8.42 Å². The van der Waals surface area contributed by atoms with Crippen LogP contribution in [0, 0.1) is 0 Å². The minimum absolute atomic E-state index is 0.381. The van der Waals surface area contributed by atoms with E-state index in [0.29, 0.717) is 17.9 Å². The Hall–Kier alpha value is -1.17. The van der Waals surface area contributed by atoms with Crippen molar-refractivity contribution in [2.75, 3.05) is 6.54 Å². The normalized spacial score (nSPS) is 11.6. The number of unbranched alkanes of at least 4 members (excludes halogenated alkanes) is 1. The fourth-order valence-corrected chi connectivity index (χ4v) is 4.24. The number of rotatable bonds is 8. The molecule has 0 aliphatic heterocycles. The van der Waals surface area contributed by atoms with Gasteiger partial charge in [0.2, 0.25) is 10.0 Å². The van der Waals surface area contributed by atoms with Crippen molar-refractivity contribution in [3.8, 4) is 0 Å². The van der Waals surface area contributed by atoms with Gasteiger partial charge in [0.25, 0.3) is 0 Å². The lowest BCUT2D eigenvalue weighted by molar-refractivity contribution is 0.575. The summed E-state index contributed by atoms with van der Waals surface area (Å²) < 4.78 is 28.5. The lowest BCUT2D eigenvalue weighted by Gasteiger charge is -2.11. The Morgan fingerprint density at radius 2 is 1.78 bits per heavy atom. The van der Waals surface area contributed by atoms with Crippen molar-refractivity contribution in [3.63, 3.8) is 0 Å². The molecule has 0 aromatic heterocycles. The molecule has 1 N–H and O–H groups in total. The summed E-state index contributed by atoms with van der Waals surface area (Å²) in [6.07, 6.45) is 3.45. The Morgan fingerprint density at radius 3 is 2.48 bits per heavy atom. The van der Waals surface area contributed by atoms with Crippen molar-refractivity contribution in [1.82, 2.24) is 4.72 Å². The first-order valence-corrected chi connectivity index (χ1v) is 10.1. The molecule has 0 heterocycles. The molecule has 23 heavy (non-hydrogen) atoms. The highest BCUT2D eigenvalue weighted by atomic mass is 79.9. The molecule has 0 aliphatic carbocycles. The Bertz CT molecular complexity index is 730. The summed E-state index contributed by atoms with van der Waals surface area (Å²) in [4.78, 5) is 0.381. The molecular formula is C18H22BrNO2S. The molecule has 0 fully saturated rings. The van der Waals surface area contributed by atoms with Crippen LogP contribution in [0.15, 0.2) is 57.9 Å². The summed E-state index contributed by atoms with van der Waals surface area (Å²) in [5.74, 6) is 0. The zero-order valence-corrected chi connectivity index (χ0v) is 15.7. The van der Waals surface area contributed by atoms with Crippen molar-refractivity contribution < 1.29 is 8.42 Å². The summed E-state index contributed by atoms with van der Waals surface area (Å²) >= 11 is 3.38. The molecule has 3 nitrogen and oxygen atoms in total. The van der Waals surface area contributed by atoms with Gasteiger partial charge < -0.3 is 0 Å². The first-order chi connectivity index (χ1) is 11.0. The largest absolute Gasteiger partial charge is 0.240 e. The fourth-order valence-electron chi connectivity index (χ4n) is 2.47. The second-order valence-electron chi connectivity index (χ2n) is 5.45. The number of aryl methyl sites for hydroxylation is 2. The van der Waals surface area contributed by atoms with Crippen LogP contribution in [0.1, 0.15) is 30.9 Å².